The van der Waals surface area contributed by atoms with Crippen molar-refractivity contribution in [3.63, 3.8) is 0 Å². The normalized spacial score (nSPS) is 10.5. The van der Waals surface area contributed by atoms with Crippen LogP contribution in [0.3, 0.4) is 0 Å². The van der Waals surface area contributed by atoms with Gasteiger partial charge in [0, 0.05) is 30.9 Å². The van der Waals surface area contributed by atoms with E-state index in [1.165, 1.54) is 0 Å². The number of aryl methyl sites for hydroxylation is 1. The minimum atomic E-state index is 0.155. The lowest BCUT2D eigenvalue weighted by molar-refractivity contribution is 0.738. The van der Waals surface area contributed by atoms with Crippen molar-refractivity contribution in [1.82, 2.24) is 19.7 Å². The van der Waals surface area contributed by atoms with E-state index in [0.29, 0.717) is 17.5 Å². The van der Waals surface area contributed by atoms with E-state index in [1.54, 1.807) is 6.07 Å². The van der Waals surface area contributed by atoms with E-state index in [1.807, 2.05) is 24.9 Å². The minimum absolute atomic E-state index is 0.155. The monoisotopic (exact) mass is 252 g/mol. The van der Waals surface area contributed by atoms with Crippen molar-refractivity contribution in [3.8, 4) is 0 Å². The molecule has 0 aromatic carbocycles. The van der Waals surface area contributed by atoms with Crippen LogP contribution in [0.5, 0.6) is 0 Å². The number of aromatic nitrogens is 4. The Hall–Kier alpha value is -1.82. The van der Waals surface area contributed by atoms with E-state index in [2.05, 4.69) is 20.4 Å². The van der Waals surface area contributed by atoms with E-state index in [-0.39, 0.29) is 5.95 Å². The summed E-state index contributed by atoms with van der Waals surface area (Å²) >= 11 is 5.78. The van der Waals surface area contributed by atoms with Gasteiger partial charge < -0.3 is 11.1 Å². The summed E-state index contributed by atoms with van der Waals surface area (Å²) in [5.74, 6) is 0.758. The van der Waals surface area contributed by atoms with E-state index >= 15 is 0 Å². The molecule has 2 rings (SSSR count). The number of nitrogens with zero attached hydrogens (tertiary/aromatic N) is 4. The molecule has 2 aromatic rings. The molecule has 2 heterocycles. The molecule has 0 saturated carbocycles. The molecule has 90 valence electrons. The highest BCUT2D eigenvalue weighted by molar-refractivity contribution is 6.29. The van der Waals surface area contributed by atoms with Gasteiger partial charge in [0.25, 0.3) is 0 Å². The number of hydrogen-bond donors (Lipinski definition) is 2. The van der Waals surface area contributed by atoms with Crippen molar-refractivity contribution in [3.05, 3.63) is 28.7 Å². The summed E-state index contributed by atoms with van der Waals surface area (Å²) in [5, 5.41) is 7.61. The van der Waals surface area contributed by atoms with E-state index in [9.17, 15) is 0 Å². The van der Waals surface area contributed by atoms with Gasteiger partial charge in [-0.15, -0.1) is 0 Å². The number of halogens is 1. The second-order valence-corrected chi connectivity index (χ2v) is 4.05. The maximum atomic E-state index is 5.78. The molecule has 0 spiro atoms. The Kier molecular flexibility index (Phi) is 3.14. The summed E-state index contributed by atoms with van der Waals surface area (Å²) in [6, 6.07) is 1.63. The molecule has 6 nitrogen and oxygen atoms in total. The molecule has 0 amide bonds. The summed E-state index contributed by atoms with van der Waals surface area (Å²) in [7, 11) is 1.90. The molecule has 17 heavy (non-hydrogen) atoms. The van der Waals surface area contributed by atoms with Crippen LogP contribution < -0.4 is 11.1 Å². The Labute approximate surface area is 104 Å². The summed E-state index contributed by atoms with van der Waals surface area (Å²) in [4.78, 5) is 7.82. The van der Waals surface area contributed by atoms with Crippen LogP contribution in [0, 0.1) is 6.92 Å². The van der Waals surface area contributed by atoms with Gasteiger partial charge >= 0.3 is 0 Å². The largest absolute Gasteiger partial charge is 0.368 e. The first-order valence-corrected chi connectivity index (χ1v) is 5.45. The third-order valence-corrected chi connectivity index (χ3v) is 2.70. The fourth-order valence-corrected chi connectivity index (χ4v) is 1.62. The lowest BCUT2D eigenvalue weighted by atomic mass is 10.2. The standard InChI is InChI=1S/C10H13ClN6/c1-6-7(5-14-17(6)2)4-13-9-3-8(11)15-10(12)16-9/h3,5H,4H2,1-2H3,(H3,12,13,15,16). The minimum Gasteiger partial charge on any atom is -0.368 e. The van der Waals surface area contributed by atoms with Gasteiger partial charge in [0.1, 0.15) is 11.0 Å². The number of nitrogens with one attached hydrogen (secondary N) is 1. The smallest absolute Gasteiger partial charge is 0.223 e. The maximum absolute atomic E-state index is 5.78. The first-order chi connectivity index (χ1) is 8.06. The van der Waals surface area contributed by atoms with Crippen molar-refractivity contribution >= 4 is 23.4 Å². The maximum Gasteiger partial charge on any atom is 0.223 e. The third-order valence-electron chi connectivity index (χ3n) is 2.51. The Morgan fingerprint density at radius 1 is 1.47 bits per heavy atom. The third kappa shape index (κ3) is 2.65. The van der Waals surface area contributed by atoms with Crippen molar-refractivity contribution < 1.29 is 0 Å². The molecule has 0 aliphatic heterocycles. The van der Waals surface area contributed by atoms with Crippen LogP contribution in [0.25, 0.3) is 0 Å². The predicted molar refractivity (Wildman–Crippen MR) is 66.7 cm³/mol. The molecule has 2 aromatic heterocycles. The zero-order valence-electron chi connectivity index (χ0n) is 9.61. The van der Waals surface area contributed by atoms with Crippen molar-refractivity contribution in [2.75, 3.05) is 11.1 Å². The fraction of sp³-hybridized carbons (Fsp3) is 0.300. The van der Waals surface area contributed by atoms with Gasteiger partial charge in [-0.25, -0.2) is 4.98 Å². The summed E-state index contributed by atoms with van der Waals surface area (Å²) in [5.41, 5.74) is 7.70. The SMILES string of the molecule is Cc1c(CNc2cc(Cl)nc(N)n2)cnn1C. The second kappa shape index (κ2) is 4.58. The van der Waals surface area contributed by atoms with Crippen LogP contribution in [0.2, 0.25) is 5.15 Å². The average Bonchev–Trinajstić information content (AvgIpc) is 2.56. The molecule has 0 aliphatic rings. The molecule has 0 fully saturated rings. The average molecular weight is 253 g/mol. The molecule has 3 N–H and O–H groups in total. The number of hydrogen-bond acceptors (Lipinski definition) is 5. The van der Waals surface area contributed by atoms with Gasteiger partial charge in [0.05, 0.1) is 6.20 Å². The molecule has 7 heteroatoms. The summed E-state index contributed by atoms with van der Waals surface area (Å²) in [6.45, 7) is 2.62. The van der Waals surface area contributed by atoms with E-state index in [4.69, 9.17) is 17.3 Å². The Balaban J connectivity index is 2.09. The predicted octanol–water partition coefficient (Wildman–Crippen LogP) is 1.37. The highest BCUT2D eigenvalue weighted by atomic mass is 35.5. The molecular weight excluding hydrogens is 240 g/mol. The molecular formula is C10H13ClN6. The fourth-order valence-electron chi connectivity index (χ4n) is 1.43. The Morgan fingerprint density at radius 2 is 2.24 bits per heavy atom. The van der Waals surface area contributed by atoms with Crippen LogP contribution >= 0.6 is 11.6 Å². The first kappa shape index (κ1) is 11.7. The Bertz CT molecular complexity index is 515. The molecule has 0 radical (unpaired) electrons. The zero-order chi connectivity index (χ0) is 12.4. The van der Waals surface area contributed by atoms with Crippen LogP contribution in [0.1, 0.15) is 11.3 Å². The number of nitrogens with two attached hydrogens (primary N) is 1. The van der Waals surface area contributed by atoms with Gasteiger partial charge in [-0.3, -0.25) is 4.68 Å². The van der Waals surface area contributed by atoms with Gasteiger partial charge in [-0.1, -0.05) is 11.6 Å². The molecule has 0 aliphatic carbocycles. The van der Waals surface area contributed by atoms with Gasteiger partial charge in [0.15, 0.2) is 0 Å². The van der Waals surface area contributed by atoms with E-state index < -0.39 is 0 Å². The van der Waals surface area contributed by atoms with Gasteiger partial charge in [0.2, 0.25) is 5.95 Å². The quantitative estimate of drug-likeness (QED) is 0.807. The van der Waals surface area contributed by atoms with Crippen LogP contribution in [0.15, 0.2) is 12.3 Å². The highest BCUT2D eigenvalue weighted by Crippen LogP contribution is 2.14. The number of rotatable bonds is 3. The topological polar surface area (TPSA) is 81.7 Å². The summed E-state index contributed by atoms with van der Waals surface area (Å²) in [6.07, 6.45) is 1.81. The van der Waals surface area contributed by atoms with Gasteiger partial charge in [-0.05, 0) is 6.92 Å². The van der Waals surface area contributed by atoms with Crippen molar-refractivity contribution in [2.45, 2.75) is 13.5 Å². The molecule has 0 atom stereocenters. The van der Waals surface area contributed by atoms with Crippen molar-refractivity contribution in [1.29, 1.82) is 0 Å². The molecule has 0 unspecified atom stereocenters. The second-order valence-electron chi connectivity index (χ2n) is 3.67. The first-order valence-electron chi connectivity index (χ1n) is 5.07. The summed E-state index contributed by atoms with van der Waals surface area (Å²) < 4.78 is 1.82. The van der Waals surface area contributed by atoms with Crippen LogP contribution in [0.4, 0.5) is 11.8 Å². The van der Waals surface area contributed by atoms with Gasteiger partial charge in [-0.2, -0.15) is 10.1 Å². The number of anilines is 2. The van der Waals surface area contributed by atoms with Crippen LogP contribution in [-0.4, -0.2) is 19.7 Å². The zero-order valence-corrected chi connectivity index (χ0v) is 10.4. The Morgan fingerprint density at radius 3 is 2.82 bits per heavy atom. The lowest BCUT2D eigenvalue weighted by Gasteiger charge is -2.06. The van der Waals surface area contributed by atoms with E-state index in [0.717, 1.165) is 11.3 Å². The highest BCUT2D eigenvalue weighted by Gasteiger charge is 2.05. The molecule has 0 saturated heterocycles. The lowest BCUT2D eigenvalue weighted by Crippen LogP contribution is -2.05. The molecule has 0 bridgehead atoms. The number of nitrogen functional groups attached to an aromatic ring is 1. The van der Waals surface area contributed by atoms with Crippen molar-refractivity contribution in [2.24, 2.45) is 7.05 Å². The van der Waals surface area contributed by atoms with Crippen LogP contribution in [-0.2, 0) is 13.6 Å².